The number of anilines is 1. The summed E-state index contributed by atoms with van der Waals surface area (Å²) in [6.45, 7) is -0.00873. The molecule has 1 aromatic heterocycles. The highest BCUT2D eigenvalue weighted by molar-refractivity contribution is 7.98. The van der Waals surface area contributed by atoms with Crippen LogP contribution in [0.15, 0.2) is 70.3 Å². The monoisotopic (exact) mass is 498 g/mol. The lowest BCUT2D eigenvalue weighted by Crippen LogP contribution is -2.41. The summed E-state index contributed by atoms with van der Waals surface area (Å²) in [7, 11) is -3.94. The van der Waals surface area contributed by atoms with Gasteiger partial charge in [0.25, 0.3) is 10.0 Å². The van der Waals surface area contributed by atoms with Crippen molar-refractivity contribution in [2.45, 2.75) is 9.96 Å². The number of nitrogens with one attached hydrogen (secondary N) is 1. The van der Waals surface area contributed by atoms with Crippen LogP contribution in [0.3, 0.4) is 0 Å². The van der Waals surface area contributed by atoms with Gasteiger partial charge in [0.1, 0.15) is 16.6 Å². The highest BCUT2D eigenvalue weighted by Gasteiger charge is 2.28. The van der Waals surface area contributed by atoms with Crippen LogP contribution in [0.25, 0.3) is 0 Å². The fraction of sp³-hybridized carbons (Fsp3) is 0.190. The third-order valence-electron chi connectivity index (χ3n) is 4.17. The fourth-order valence-electron chi connectivity index (χ4n) is 2.71. The van der Waals surface area contributed by atoms with Crippen molar-refractivity contribution in [1.29, 1.82) is 0 Å². The standard InChI is InChI=1S/C21H20ClFN2O3S3/c22-17-4-1-3-16(13-17)15-29-12-10-24-20(26)14-25(19-8-6-18(23)7-9-19)31(27,28)21-5-2-11-30-21/h1-9,11,13H,10,12,14-15H2,(H,24,26). The Kier molecular flexibility index (Phi) is 8.36. The maximum absolute atomic E-state index is 13.3. The minimum absolute atomic E-state index is 0.113. The highest BCUT2D eigenvalue weighted by Crippen LogP contribution is 2.26. The molecule has 2 aromatic carbocycles. The van der Waals surface area contributed by atoms with Crippen molar-refractivity contribution < 1.29 is 17.6 Å². The second-order valence-electron chi connectivity index (χ2n) is 6.45. The van der Waals surface area contributed by atoms with Gasteiger partial charge in [-0.25, -0.2) is 12.8 Å². The van der Waals surface area contributed by atoms with E-state index in [4.69, 9.17) is 11.6 Å². The van der Waals surface area contributed by atoms with E-state index in [9.17, 15) is 17.6 Å². The lowest BCUT2D eigenvalue weighted by Gasteiger charge is -2.23. The van der Waals surface area contributed by atoms with Crippen LogP contribution in [0, 0.1) is 5.82 Å². The van der Waals surface area contributed by atoms with Gasteiger partial charge in [-0.2, -0.15) is 11.8 Å². The molecule has 0 unspecified atom stereocenters. The summed E-state index contributed by atoms with van der Waals surface area (Å²) < 4.78 is 40.5. The van der Waals surface area contributed by atoms with Gasteiger partial charge in [-0.3, -0.25) is 9.10 Å². The van der Waals surface area contributed by atoms with Gasteiger partial charge in [-0.15, -0.1) is 11.3 Å². The Morgan fingerprint density at radius 1 is 1.13 bits per heavy atom. The van der Waals surface area contributed by atoms with E-state index in [1.807, 2.05) is 24.3 Å². The molecule has 5 nitrogen and oxygen atoms in total. The molecule has 0 aliphatic heterocycles. The Hall–Kier alpha value is -2.07. The average molecular weight is 499 g/mol. The largest absolute Gasteiger partial charge is 0.354 e. The van der Waals surface area contributed by atoms with Crippen molar-refractivity contribution in [3.05, 3.63) is 82.4 Å². The molecule has 31 heavy (non-hydrogen) atoms. The molecule has 0 atom stereocenters. The predicted octanol–water partition coefficient (Wildman–Crippen LogP) is 4.79. The number of hydrogen-bond acceptors (Lipinski definition) is 5. The van der Waals surface area contributed by atoms with Gasteiger partial charge in [-0.05, 0) is 53.4 Å². The molecular formula is C21H20ClFN2O3S3. The van der Waals surface area contributed by atoms with E-state index in [1.54, 1.807) is 23.2 Å². The number of hydrogen-bond donors (Lipinski definition) is 1. The molecule has 0 spiro atoms. The van der Waals surface area contributed by atoms with Crippen LogP contribution in [-0.2, 0) is 20.6 Å². The van der Waals surface area contributed by atoms with Gasteiger partial charge in [0.05, 0.1) is 5.69 Å². The molecule has 1 amide bonds. The fourth-order valence-corrected chi connectivity index (χ4v) is 6.25. The van der Waals surface area contributed by atoms with Crippen molar-refractivity contribution in [2.24, 2.45) is 0 Å². The Bertz CT molecular complexity index is 1110. The first-order valence-corrected chi connectivity index (χ1v) is 13.1. The van der Waals surface area contributed by atoms with Crippen LogP contribution in [-0.4, -0.2) is 33.2 Å². The molecule has 1 heterocycles. The summed E-state index contributed by atoms with van der Waals surface area (Å²) in [6.07, 6.45) is 0. The molecule has 3 rings (SSSR count). The number of benzene rings is 2. The Balaban J connectivity index is 1.59. The number of halogens is 2. The minimum atomic E-state index is -3.94. The zero-order valence-corrected chi connectivity index (χ0v) is 19.5. The predicted molar refractivity (Wildman–Crippen MR) is 126 cm³/mol. The molecule has 0 fully saturated rings. The topological polar surface area (TPSA) is 66.5 Å². The Labute approximate surface area is 194 Å². The van der Waals surface area contributed by atoms with Gasteiger partial charge in [0.2, 0.25) is 5.91 Å². The van der Waals surface area contributed by atoms with Gasteiger partial charge >= 0.3 is 0 Å². The molecular weight excluding hydrogens is 479 g/mol. The van der Waals surface area contributed by atoms with E-state index in [1.165, 1.54) is 18.2 Å². The third-order valence-corrected chi connectivity index (χ3v) is 8.58. The summed E-state index contributed by atoms with van der Waals surface area (Å²) in [6, 6.07) is 15.7. The van der Waals surface area contributed by atoms with Crippen molar-refractivity contribution in [3.8, 4) is 0 Å². The number of thiophene rings is 1. The van der Waals surface area contributed by atoms with E-state index < -0.39 is 28.3 Å². The summed E-state index contributed by atoms with van der Waals surface area (Å²) in [5.41, 5.74) is 1.31. The number of thioether (sulfide) groups is 1. The van der Waals surface area contributed by atoms with Gasteiger partial charge in [0, 0.05) is 23.1 Å². The molecule has 0 saturated heterocycles. The Morgan fingerprint density at radius 3 is 2.58 bits per heavy atom. The first-order valence-electron chi connectivity index (χ1n) is 9.27. The first kappa shape index (κ1) is 23.6. The van der Waals surface area contributed by atoms with Gasteiger partial charge < -0.3 is 5.32 Å². The van der Waals surface area contributed by atoms with Crippen LogP contribution in [0.5, 0.6) is 0 Å². The number of carbonyl (C=O) groups is 1. The maximum Gasteiger partial charge on any atom is 0.274 e. The van der Waals surface area contributed by atoms with Gasteiger partial charge in [0.15, 0.2) is 0 Å². The molecule has 164 valence electrons. The number of sulfonamides is 1. The lowest BCUT2D eigenvalue weighted by molar-refractivity contribution is -0.119. The molecule has 0 bridgehead atoms. The second-order valence-corrected chi connectivity index (χ2v) is 11.0. The molecule has 0 aliphatic rings. The SMILES string of the molecule is O=C(CN(c1ccc(F)cc1)S(=O)(=O)c1cccs1)NCCSCc1cccc(Cl)c1. The summed E-state index contributed by atoms with van der Waals surface area (Å²) in [5.74, 6) is 0.489. The zero-order valence-electron chi connectivity index (χ0n) is 16.3. The lowest BCUT2D eigenvalue weighted by atomic mass is 10.2. The van der Waals surface area contributed by atoms with E-state index in [0.717, 1.165) is 39.1 Å². The smallest absolute Gasteiger partial charge is 0.274 e. The van der Waals surface area contributed by atoms with E-state index in [0.29, 0.717) is 17.3 Å². The highest BCUT2D eigenvalue weighted by atomic mass is 35.5. The van der Waals surface area contributed by atoms with Crippen molar-refractivity contribution in [2.75, 3.05) is 23.1 Å². The van der Waals surface area contributed by atoms with Gasteiger partial charge in [-0.1, -0.05) is 29.8 Å². The van der Waals surface area contributed by atoms with E-state index >= 15 is 0 Å². The molecule has 3 aromatic rings. The van der Waals surface area contributed by atoms with Crippen LogP contribution in [0.1, 0.15) is 5.56 Å². The van der Waals surface area contributed by atoms with Crippen molar-refractivity contribution >= 4 is 56.3 Å². The van der Waals surface area contributed by atoms with Crippen LogP contribution >= 0.6 is 34.7 Å². The van der Waals surface area contributed by atoms with Crippen molar-refractivity contribution in [1.82, 2.24) is 5.32 Å². The molecule has 0 aliphatic carbocycles. The number of carbonyl (C=O) groups excluding carboxylic acids is 1. The minimum Gasteiger partial charge on any atom is -0.354 e. The molecule has 1 N–H and O–H groups in total. The number of nitrogens with zero attached hydrogens (tertiary/aromatic N) is 1. The van der Waals surface area contributed by atoms with Crippen LogP contribution in [0.2, 0.25) is 5.02 Å². The van der Waals surface area contributed by atoms with Crippen molar-refractivity contribution in [3.63, 3.8) is 0 Å². The summed E-state index contributed by atoms with van der Waals surface area (Å²) >= 11 is 8.66. The summed E-state index contributed by atoms with van der Waals surface area (Å²) in [4.78, 5) is 12.5. The normalized spacial score (nSPS) is 11.3. The second kappa shape index (κ2) is 11.0. The van der Waals surface area contributed by atoms with E-state index in [2.05, 4.69) is 5.32 Å². The van der Waals surface area contributed by atoms with E-state index in [-0.39, 0.29) is 9.90 Å². The third kappa shape index (κ3) is 6.70. The molecule has 0 saturated carbocycles. The molecule has 0 radical (unpaired) electrons. The number of rotatable bonds is 10. The number of amides is 1. The Morgan fingerprint density at radius 2 is 1.90 bits per heavy atom. The first-order chi connectivity index (χ1) is 14.9. The average Bonchev–Trinajstić information content (AvgIpc) is 3.28. The maximum atomic E-state index is 13.3. The zero-order chi connectivity index (χ0) is 22.3. The molecule has 10 heteroatoms. The van der Waals surface area contributed by atoms with Crippen LogP contribution in [0.4, 0.5) is 10.1 Å². The quantitative estimate of drug-likeness (QED) is 0.408. The van der Waals surface area contributed by atoms with Crippen LogP contribution < -0.4 is 9.62 Å². The summed E-state index contributed by atoms with van der Waals surface area (Å²) in [5, 5.41) is 5.07.